The number of hydrogen-bond donors (Lipinski definition) is 1. The van der Waals surface area contributed by atoms with Crippen LogP contribution in [0.15, 0.2) is 40.1 Å². The maximum atomic E-state index is 12.6. The predicted octanol–water partition coefficient (Wildman–Crippen LogP) is 4.63. The van der Waals surface area contributed by atoms with Crippen LogP contribution in [0.2, 0.25) is 0 Å². The Morgan fingerprint density at radius 2 is 2.04 bits per heavy atom. The van der Waals surface area contributed by atoms with Gasteiger partial charge in [0.05, 0.1) is 17.0 Å². The highest BCUT2D eigenvalue weighted by Gasteiger charge is 2.35. The Labute approximate surface area is 156 Å². The van der Waals surface area contributed by atoms with Gasteiger partial charge in [0.15, 0.2) is 4.34 Å². The van der Waals surface area contributed by atoms with Crippen LogP contribution in [0.4, 0.5) is 0 Å². The predicted molar refractivity (Wildman–Crippen MR) is 102 cm³/mol. The molecule has 1 amide bonds. The van der Waals surface area contributed by atoms with E-state index in [1.807, 2.05) is 42.6 Å². The van der Waals surface area contributed by atoms with Crippen molar-refractivity contribution in [2.75, 3.05) is 0 Å². The summed E-state index contributed by atoms with van der Waals surface area (Å²) < 4.78 is 0.871. The molecule has 0 aliphatic heterocycles. The number of aromatic nitrogens is 1. The van der Waals surface area contributed by atoms with Gasteiger partial charge in [0.1, 0.15) is 5.54 Å². The van der Waals surface area contributed by atoms with Crippen LogP contribution >= 0.6 is 23.1 Å². The van der Waals surface area contributed by atoms with E-state index in [0.717, 1.165) is 47.7 Å². The standard InChI is InChI=1S/C19H21N3OS2/c1-14(17(23)22-19(13-20)10-6-3-7-11-19)25-18-21-16(12-24-18)15-8-4-2-5-9-15/h2,4-5,8-9,12,14H,3,6-7,10-11H2,1H3,(H,22,23)/t14-/m1/s1. The van der Waals surface area contributed by atoms with Crippen molar-refractivity contribution in [3.8, 4) is 17.3 Å². The van der Waals surface area contributed by atoms with Gasteiger partial charge in [-0.3, -0.25) is 4.79 Å². The Morgan fingerprint density at radius 1 is 1.32 bits per heavy atom. The van der Waals surface area contributed by atoms with E-state index in [1.54, 1.807) is 11.3 Å². The van der Waals surface area contributed by atoms with Crippen molar-refractivity contribution >= 4 is 29.0 Å². The molecule has 1 atom stereocenters. The molecule has 25 heavy (non-hydrogen) atoms. The van der Waals surface area contributed by atoms with Crippen LogP contribution in [0.5, 0.6) is 0 Å². The van der Waals surface area contributed by atoms with Crippen molar-refractivity contribution in [1.29, 1.82) is 5.26 Å². The number of rotatable bonds is 5. The van der Waals surface area contributed by atoms with Gasteiger partial charge in [0.25, 0.3) is 0 Å². The number of amides is 1. The van der Waals surface area contributed by atoms with E-state index in [4.69, 9.17) is 0 Å². The third-order valence-corrected chi connectivity index (χ3v) is 6.56. The van der Waals surface area contributed by atoms with Crippen molar-refractivity contribution in [1.82, 2.24) is 10.3 Å². The first-order chi connectivity index (χ1) is 12.1. The summed E-state index contributed by atoms with van der Waals surface area (Å²) >= 11 is 3.00. The maximum absolute atomic E-state index is 12.6. The van der Waals surface area contributed by atoms with Gasteiger partial charge < -0.3 is 5.32 Å². The lowest BCUT2D eigenvalue weighted by molar-refractivity contribution is -0.121. The van der Waals surface area contributed by atoms with Crippen LogP contribution in [-0.4, -0.2) is 21.7 Å². The lowest BCUT2D eigenvalue weighted by Crippen LogP contribution is -2.50. The molecule has 6 heteroatoms. The maximum Gasteiger partial charge on any atom is 0.234 e. The van der Waals surface area contributed by atoms with Gasteiger partial charge in [-0.15, -0.1) is 11.3 Å². The largest absolute Gasteiger partial charge is 0.337 e. The molecule has 4 nitrogen and oxygen atoms in total. The fourth-order valence-electron chi connectivity index (χ4n) is 3.02. The highest BCUT2D eigenvalue weighted by Crippen LogP contribution is 2.32. The van der Waals surface area contributed by atoms with Crippen LogP contribution in [0.3, 0.4) is 0 Å². The monoisotopic (exact) mass is 371 g/mol. The Morgan fingerprint density at radius 3 is 2.72 bits per heavy atom. The lowest BCUT2D eigenvalue weighted by Gasteiger charge is -2.32. The first-order valence-corrected chi connectivity index (χ1v) is 10.3. The molecular formula is C19H21N3OS2. The number of carbonyl (C=O) groups excluding carboxylic acids is 1. The normalized spacial score (nSPS) is 17.4. The summed E-state index contributed by atoms with van der Waals surface area (Å²) in [4.78, 5) is 17.2. The van der Waals surface area contributed by atoms with Crippen molar-refractivity contribution in [2.24, 2.45) is 0 Å². The molecular weight excluding hydrogens is 350 g/mol. The van der Waals surface area contributed by atoms with E-state index in [-0.39, 0.29) is 11.2 Å². The molecule has 0 bridgehead atoms. The molecule has 0 radical (unpaired) electrons. The number of carbonyl (C=O) groups is 1. The van der Waals surface area contributed by atoms with Crippen molar-refractivity contribution in [3.63, 3.8) is 0 Å². The minimum atomic E-state index is -0.678. The van der Waals surface area contributed by atoms with E-state index in [2.05, 4.69) is 16.4 Å². The van der Waals surface area contributed by atoms with E-state index >= 15 is 0 Å². The fourth-order valence-corrected chi connectivity index (χ4v) is 4.99. The molecule has 1 aromatic heterocycles. The van der Waals surface area contributed by atoms with Crippen LogP contribution in [0.1, 0.15) is 39.0 Å². The SMILES string of the molecule is C[C@@H](Sc1nc(-c2ccccc2)cs1)C(=O)NC1(C#N)CCCCC1. The molecule has 1 fully saturated rings. The van der Waals surface area contributed by atoms with E-state index in [1.165, 1.54) is 11.8 Å². The van der Waals surface area contributed by atoms with Crippen LogP contribution in [0, 0.1) is 11.3 Å². The molecule has 0 spiro atoms. The van der Waals surface area contributed by atoms with Gasteiger partial charge in [-0.25, -0.2) is 4.98 Å². The smallest absolute Gasteiger partial charge is 0.234 e. The number of hydrogen-bond acceptors (Lipinski definition) is 5. The zero-order valence-corrected chi connectivity index (χ0v) is 15.8. The van der Waals surface area contributed by atoms with Gasteiger partial charge in [-0.2, -0.15) is 5.26 Å². The van der Waals surface area contributed by atoms with Crippen LogP contribution in [-0.2, 0) is 4.79 Å². The van der Waals surface area contributed by atoms with Crippen molar-refractivity contribution < 1.29 is 4.79 Å². The highest BCUT2D eigenvalue weighted by molar-refractivity contribution is 8.02. The number of thiazole rings is 1. The molecule has 2 aromatic rings. The van der Waals surface area contributed by atoms with Crippen molar-refractivity contribution in [2.45, 2.75) is 54.2 Å². The molecule has 0 unspecified atom stereocenters. The number of nitrogens with zero attached hydrogens (tertiary/aromatic N) is 2. The summed E-state index contributed by atoms with van der Waals surface area (Å²) in [6, 6.07) is 12.4. The fraction of sp³-hybridized carbons (Fsp3) is 0.421. The zero-order valence-electron chi connectivity index (χ0n) is 14.2. The topological polar surface area (TPSA) is 65.8 Å². The number of nitrogens with one attached hydrogen (secondary N) is 1. The number of benzene rings is 1. The van der Waals surface area contributed by atoms with Gasteiger partial charge in [0, 0.05) is 10.9 Å². The Bertz CT molecular complexity index is 760. The van der Waals surface area contributed by atoms with Gasteiger partial charge >= 0.3 is 0 Å². The summed E-state index contributed by atoms with van der Waals surface area (Å²) in [7, 11) is 0. The summed E-state index contributed by atoms with van der Waals surface area (Å²) in [6.07, 6.45) is 4.65. The van der Waals surface area contributed by atoms with Crippen LogP contribution in [0.25, 0.3) is 11.3 Å². The van der Waals surface area contributed by atoms with E-state index in [9.17, 15) is 10.1 Å². The Kier molecular flexibility index (Phi) is 5.77. The van der Waals surface area contributed by atoms with E-state index in [0.29, 0.717) is 0 Å². The average Bonchev–Trinajstić information content (AvgIpc) is 3.11. The second kappa shape index (κ2) is 8.03. The third-order valence-electron chi connectivity index (χ3n) is 4.48. The molecule has 1 aliphatic rings. The molecule has 1 N–H and O–H groups in total. The Balaban J connectivity index is 1.62. The molecule has 1 aromatic carbocycles. The second-order valence-electron chi connectivity index (χ2n) is 6.37. The summed E-state index contributed by atoms with van der Waals surface area (Å²) in [5.41, 5.74) is 1.33. The molecule has 1 heterocycles. The molecule has 1 aliphatic carbocycles. The number of thioether (sulfide) groups is 1. The first kappa shape index (κ1) is 18.0. The molecule has 0 saturated heterocycles. The zero-order chi connectivity index (χ0) is 17.7. The highest BCUT2D eigenvalue weighted by atomic mass is 32.2. The van der Waals surface area contributed by atoms with Crippen LogP contribution < -0.4 is 5.32 Å². The summed E-state index contributed by atoms with van der Waals surface area (Å²) in [6.45, 7) is 1.87. The Hall–Kier alpha value is -1.84. The molecule has 3 rings (SSSR count). The van der Waals surface area contributed by atoms with Gasteiger partial charge in [-0.05, 0) is 19.8 Å². The van der Waals surface area contributed by atoms with E-state index < -0.39 is 5.54 Å². The first-order valence-electron chi connectivity index (χ1n) is 8.53. The van der Waals surface area contributed by atoms with Crippen molar-refractivity contribution in [3.05, 3.63) is 35.7 Å². The van der Waals surface area contributed by atoms with Gasteiger partial charge in [-0.1, -0.05) is 61.4 Å². The molecule has 130 valence electrons. The summed E-state index contributed by atoms with van der Waals surface area (Å²) in [5.74, 6) is -0.0788. The minimum Gasteiger partial charge on any atom is -0.337 e. The second-order valence-corrected chi connectivity index (χ2v) is 8.81. The average molecular weight is 372 g/mol. The lowest BCUT2D eigenvalue weighted by atomic mass is 9.83. The summed E-state index contributed by atoms with van der Waals surface area (Å²) in [5, 5.41) is 14.2. The quantitative estimate of drug-likeness (QED) is 0.778. The minimum absolute atomic E-state index is 0.0788. The molecule has 1 saturated carbocycles. The van der Waals surface area contributed by atoms with Gasteiger partial charge in [0.2, 0.25) is 5.91 Å². The number of nitriles is 1. The third kappa shape index (κ3) is 4.42.